The van der Waals surface area contributed by atoms with Crippen molar-refractivity contribution in [2.24, 2.45) is 0 Å². The molecule has 0 spiro atoms. The van der Waals surface area contributed by atoms with Gasteiger partial charge in [-0.15, -0.1) is 0 Å². The molecule has 1 aromatic rings. The molecule has 1 saturated heterocycles. The van der Waals surface area contributed by atoms with Crippen LogP contribution in [0.1, 0.15) is 29.8 Å². The van der Waals surface area contributed by atoms with E-state index >= 15 is 0 Å². The van der Waals surface area contributed by atoms with Gasteiger partial charge in [-0.1, -0.05) is 15.9 Å². The summed E-state index contributed by atoms with van der Waals surface area (Å²) >= 11 is 3.34. The zero-order valence-electron chi connectivity index (χ0n) is 12.3. The zero-order chi connectivity index (χ0) is 15.8. The molecular formula is C15H18BrF2NO2. The van der Waals surface area contributed by atoms with Gasteiger partial charge in [0.05, 0.1) is 17.3 Å². The summed E-state index contributed by atoms with van der Waals surface area (Å²) in [6.45, 7) is 6.02. The van der Waals surface area contributed by atoms with Crippen molar-refractivity contribution in [2.75, 3.05) is 18.4 Å². The molecule has 1 amide bonds. The van der Waals surface area contributed by atoms with Crippen LogP contribution in [0.3, 0.4) is 0 Å². The maximum atomic E-state index is 13.9. The molecule has 1 aliphatic rings. The number of nitrogens with zero attached hydrogens (tertiary/aromatic N) is 1. The van der Waals surface area contributed by atoms with Gasteiger partial charge in [0, 0.05) is 24.5 Å². The summed E-state index contributed by atoms with van der Waals surface area (Å²) in [5.41, 5.74) is -0.345. The van der Waals surface area contributed by atoms with Crippen LogP contribution in [0.15, 0.2) is 12.1 Å². The highest BCUT2D eigenvalue weighted by Gasteiger charge is 2.36. The van der Waals surface area contributed by atoms with Crippen LogP contribution < -0.4 is 0 Å². The van der Waals surface area contributed by atoms with Crippen molar-refractivity contribution in [1.29, 1.82) is 0 Å². The molecule has 1 aromatic carbocycles. The fraction of sp³-hybridized carbons (Fsp3) is 0.533. The fourth-order valence-electron chi connectivity index (χ4n) is 2.52. The number of rotatable bonds is 2. The largest absolute Gasteiger partial charge is 0.368 e. The van der Waals surface area contributed by atoms with Crippen LogP contribution in [-0.4, -0.2) is 40.9 Å². The van der Waals surface area contributed by atoms with E-state index in [1.807, 2.05) is 13.8 Å². The molecule has 6 heteroatoms. The number of amides is 1. The number of alkyl halides is 1. The standard InChI is InChI=1S/C15H18BrF2NO2/c1-9-4-11(13(18)5-12(9)17)14(20)19-7-10(6-16)21-15(2,3)8-19/h4-5,10H,6-8H2,1-3H3. The lowest BCUT2D eigenvalue weighted by atomic mass is 10.0. The van der Waals surface area contributed by atoms with Crippen LogP contribution in [0, 0.1) is 18.6 Å². The molecule has 0 aromatic heterocycles. The predicted molar refractivity (Wildman–Crippen MR) is 79.7 cm³/mol. The van der Waals surface area contributed by atoms with Gasteiger partial charge in [-0.25, -0.2) is 8.78 Å². The Bertz CT molecular complexity index is 563. The Kier molecular flexibility index (Phi) is 4.68. The molecule has 1 unspecified atom stereocenters. The van der Waals surface area contributed by atoms with Gasteiger partial charge in [-0.05, 0) is 32.4 Å². The van der Waals surface area contributed by atoms with E-state index in [1.165, 1.54) is 13.0 Å². The summed E-state index contributed by atoms with van der Waals surface area (Å²) in [4.78, 5) is 14.1. The fourth-order valence-corrected chi connectivity index (χ4v) is 2.86. The summed E-state index contributed by atoms with van der Waals surface area (Å²) in [5.74, 6) is -1.91. The predicted octanol–water partition coefficient (Wildman–Crippen LogP) is 3.29. The normalized spacial score (nSPS) is 21.4. The Morgan fingerprint density at radius 1 is 1.43 bits per heavy atom. The van der Waals surface area contributed by atoms with Gasteiger partial charge in [0.15, 0.2) is 0 Å². The smallest absolute Gasteiger partial charge is 0.257 e. The van der Waals surface area contributed by atoms with E-state index < -0.39 is 23.1 Å². The first kappa shape index (κ1) is 16.4. The monoisotopic (exact) mass is 361 g/mol. The number of carbonyl (C=O) groups excluding carboxylic acids is 1. The van der Waals surface area contributed by atoms with Gasteiger partial charge in [-0.3, -0.25) is 4.79 Å². The third-order valence-electron chi connectivity index (χ3n) is 3.42. The van der Waals surface area contributed by atoms with Crippen molar-refractivity contribution in [3.63, 3.8) is 0 Å². The van der Waals surface area contributed by atoms with Crippen molar-refractivity contribution >= 4 is 21.8 Å². The first-order chi connectivity index (χ1) is 9.73. The quantitative estimate of drug-likeness (QED) is 0.756. The minimum atomic E-state index is -0.831. The Morgan fingerprint density at radius 3 is 2.71 bits per heavy atom. The van der Waals surface area contributed by atoms with Gasteiger partial charge in [0.1, 0.15) is 11.6 Å². The average molecular weight is 362 g/mol. The first-order valence-corrected chi connectivity index (χ1v) is 7.84. The van der Waals surface area contributed by atoms with Crippen molar-refractivity contribution in [3.8, 4) is 0 Å². The van der Waals surface area contributed by atoms with E-state index in [0.29, 0.717) is 18.4 Å². The number of morpholine rings is 1. The lowest BCUT2D eigenvalue weighted by Gasteiger charge is -2.42. The second-order valence-electron chi connectivity index (χ2n) is 5.92. The van der Waals surface area contributed by atoms with Gasteiger partial charge in [0.2, 0.25) is 0 Å². The van der Waals surface area contributed by atoms with Gasteiger partial charge < -0.3 is 9.64 Å². The van der Waals surface area contributed by atoms with Crippen LogP contribution in [0.4, 0.5) is 8.78 Å². The van der Waals surface area contributed by atoms with E-state index in [1.54, 1.807) is 4.90 Å². The van der Waals surface area contributed by atoms with Gasteiger partial charge in [0.25, 0.3) is 5.91 Å². The minimum Gasteiger partial charge on any atom is -0.368 e. The summed E-state index contributed by atoms with van der Waals surface area (Å²) in [6.07, 6.45) is -0.151. The molecule has 1 atom stereocenters. The molecular weight excluding hydrogens is 344 g/mol. The molecule has 1 aliphatic heterocycles. The van der Waals surface area contributed by atoms with Crippen molar-refractivity contribution in [3.05, 3.63) is 34.9 Å². The first-order valence-electron chi connectivity index (χ1n) is 6.72. The molecule has 0 N–H and O–H groups in total. The molecule has 116 valence electrons. The van der Waals surface area contributed by atoms with Crippen LogP contribution in [-0.2, 0) is 4.74 Å². The molecule has 0 aliphatic carbocycles. The topological polar surface area (TPSA) is 29.5 Å². The molecule has 1 heterocycles. The highest BCUT2D eigenvalue weighted by atomic mass is 79.9. The maximum Gasteiger partial charge on any atom is 0.257 e. The molecule has 21 heavy (non-hydrogen) atoms. The number of carbonyl (C=O) groups is 1. The third kappa shape index (κ3) is 3.61. The number of hydrogen-bond donors (Lipinski definition) is 0. The highest BCUT2D eigenvalue weighted by Crippen LogP contribution is 2.25. The molecule has 0 saturated carbocycles. The summed E-state index contributed by atoms with van der Waals surface area (Å²) in [5, 5.41) is 0.588. The molecule has 0 radical (unpaired) electrons. The molecule has 1 fully saturated rings. The van der Waals surface area contributed by atoms with E-state index in [-0.39, 0.29) is 17.2 Å². The lowest BCUT2D eigenvalue weighted by molar-refractivity contribution is -0.116. The van der Waals surface area contributed by atoms with Crippen LogP contribution in [0.5, 0.6) is 0 Å². The molecule has 0 bridgehead atoms. The number of aryl methyl sites for hydroxylation is 1. The van der Waals surface area contributed by atoms with Crippen LogP contribution in [0.25, 0.3) is 0 Å². The van der Waals surface area contributed by atoms with Crippen molar-refractivity contribution < 1.29 is 18.3 Å². The number of benzene rings is 1. The SMILES string of the molecule is Cc1cc(C(=O)N2CC(CBr)OC(C)(C)C2)c(F)cc1F. The van der Waals surface area contributed by atoms with E-state index in [0.717, 1.165) is 6.07 Å². The number of ether oxygens (including phenoxy) is 1. The Morgan fingerprint density at radius 2 is 2.10 bits per heavy atom. The maximum absolute atomic E-state index is 13.9. The number of halogens is 3. The average Bonchev–Trinajstić information content (AvgIpc) is 2.40. The van der Waals surface area contributed by atoms with Crippen LogP contribution in [0.2, 0.25) is 0 Å². The van der Waals surface area contributed by atoms with E-state index in [2.05, 4.69) is 15.9 Å². The molecule has 3 nitrogen and oxygen atoms in total. The van der Waals surface area contributed by atoms with Crippen molar-refractivity contribution in [2.45, 2.75) is 32.5 Å². The van der Waals surface area contributed by atoms with E-state index in [9.17, 15) is 13.6 Å². The highest BCUT2D eigenvalue weighted by molar-refractivity contribution is 9.09. The van der Waals surface area contributed by atoms with Gasteiger partial charge >= 0.3 is 0 Å². The third-order valence-corrected chi connectivity index (χ3v) is 4.14. The van der Waals surface area contributed by atoms with Gasteiger partial charge in [-0.2, -0.15) is 0 Å². The summed E-state index contributed by atoms with van der Waals surface area (Å²) < 4.78 is 33.0. The second-order valence-corrected chi connectivity index (χ2v) is 6.57. The summed E-state index contributed by atoms with van der Waals surface area (Å²) in [6, 6.07) is 2.02. The van der Waals surface area contributed by atoms with Crippen LogP contribution >= 0.6 is 15.9 Å². The second kappa shape index (κ2) is 6.01. The zero-order valence-corrected chi connectivity index (χ0v) is 13.8. The Hall–Kier alpha value is -1.01. The minimum absolute atomic E-state index is 0.0973. The lowest BCUT2D eigenvalue weighted by Crippen LogP contribution is -2.55. The van der Waals surface area contributed by atoms with E-state index in [4.69, 9.17) is 4.74 Å². The Balaban J connectivity index is 2.29. The summed E-state index contributed by atoms with van der Waals surface area (Å²) in [7, 11) is 0. The molecule has 2 rings (SSSR count). The Labute approximate surface area is 131 Å². The number of hydrogen-bond acceptors (Lipinski definition) is 2. The van der Waals surface area contributed by atoms with Crippen molar-refractivity contribution in [1.82, 2.24) is 4.90 Å².